The summed E-state index contributed by atoms with van der Waals surface area (Å²) in [5.41, 5.74) is 0. The molecule has 2 fully saturated rings. The Kier molecular flexibility index (Phi) is 2.54. The standard InChI is InChI=1S/C10H18N2O/c1-8-6-11-7-9-4-2-3-5-12(9)10(8)13/h8-9,11H,2-7H2,1H3. The summed E-state index contributed by atoms with van der Waals surface area (Å²) in [7, 11) is 0. The van der Waals surface area contributed by atoms with Gasteiger partial charge in [-0.1, -0.05) is 6.92 Å². The lowest BCUT2D eigenvalue weighted by atomic mass is 10.0. The summed E-state index contributed by atoms with van der Waals surface area (Å²) in [6.45, 7) is 4.85. The van der Waals surface area contributed by atoms with Crippen molar-refractivity contribution < 1.29 is 4.79 Å². The molecule has 0 spiro atoms. The number of carbonyl (C=O) groups is 1. The molecule has 0 aromatic heterocycles. The Labute approximate surface area is 79.5 Å². The predicted octanol–water partition coefficient (Wildman–Crippen LogP) is 0.607. The summed E-state index contributed by atoms with van der Waals surface area (Å²) in [5.74, 6) is 0.526. The van der Waals surface area contributed by atoms with Gasteiger partial charge in [0, 0.05) is 31.6 Å². The van der Waals surface area contributed by atoms with E-state index in [9.17, 15) is 4.79 Å². The van der Waals surface area contributed by atoms with Gasteiger partial charge in [0.25, 0.3) is 0 Å². The minimum absolute atomic E-state index is 0.170. The molecule has 74 valence electrons. The first-order valence-corrected chi connectivity index (χ1v) is 5.30. The van der Waals surface area contributed by atoms with E-state index in [-0.39, 0.29) is 5.92 Å². The van der Waals surface area contributed by atoms with E-state index in [0.29, 0.717) is 11.9 Å². The Bertz CT molecular complexity index is 205. The first-order chi connectivity index (χ1) is 6.29. The van der Waals surface area contributed by atoms with Crippen molar-refractivity contribution >= 4 is 5.91 Å². The van der Waals surface area contributed by atoms with Crippen LogP contribution in [0, 0.1) is 5.92 Å². The molecular weight excluding hydrogens is 164 g/mol. The molecule has 13 heavy (non-hydrogen) atoms. The second-order valence-corrected chi connectivity index (χ2v) is 4.24. The van der Waals surface area contributed by atoms with Gasteiger partial charge in [-0.25, -0.2) is 0 Å². The van der Waals surface area contributed by atoms with Crippen molar-refractivity contribution in [2.45, 2.75) is 32.2 Å². The summed E-state index contributed by atoms with van der Waals surface area (Å²) >= 11 is 0. The third-order valence-electron chi connectivity index (χ3n) is 3.16. The maximum atomic E-state index is 11.9. The van der Waals surface area contributed by atoms with Crippen LogP contribution in [0.5, 0.6) is 0 Å². The number of amides is 1. The molecule has 2 rings (SSSR count). The minimum Gasteiger partial charge on any atom is -0.338 e. The van der Waals surface area contributed by atoms with E-state index in [1.807, 2.05) is 6.92 Å². The van der Waals surface area contributed by atoms with Crippen LogP contribution in [-0.2, 0) is 4.79 Å². The van der Waals surface area contributed by atoms with Gasteiger partial charge in [-0.05, 0) is 19.3 Å². The Morgan fingerprint density at radius 2 is 2.23 bits per heavy atom. The lowest BCUT2D eigenvalue weighted by Gasteiger charge is -2.34. The van der Waals surface area contributed by atoms with Gasteiger partial charge in [0.1, 0.15) is 0 Å². The summed E-state index contributed by atoms with van der Waals surface area (Å²) in [6.07, 6.45) is 3.66. The Balaban J connectivity index is 2.11. The fourth-order valence-electron chi connectivity index (χ4n) is 2.34. The predicted molar refractivity (Wildman–Crippen MR) is 51.4 cm³/mol. The third-order valence-corrected chi connectivity index (χ3v) is 3.16. The van der Waals surface area contributed by atoms with Gasteiger partial charge < -0.3 is 10.2 Å². The second kappa shape index (κ2) is 3.66. The smallest absolute Gasteiger partial charge is 0.226 e. The van der Waals surface area contributed by atoms with E-state index in [2.05, 4.69) is 10.2 Å². The highest BCUT2D eigenvalue weighted by Gasteiger charge is 2.31. The van der Waals surface area contributed by atoms with Gasteiger partial charge in [0.2, 0.25) is 5.91 Å². The van der Waals surface area contributed by atoms with E-state index in [1.54, 1.807) is 0 Å². The molecule has 3 heteroatoms. The number of nitrogens with one attached hydrogen (secondary N) is 1. The summed E-state index contributed by atoms with van der Waals surface area (Å²) < 4.78 is 0. The average molecular weight is 182 g/mol. The zero-order valence-electron chi connectivity index (χ0n) is 8.25. The quantitative estimate of drug-likeness (QED) is 0.595. The van der Waals surface area contributed by atoms with Gasteiger partial charge in [0.05, 0.1) is 0 Å². The normalized spacial score (nSPS) is 35.5. The first-order valence-electron chi connectivity index (χ1n) is 5.30. The number of fused-ring (bicyclic) bond motifs is 1. The van der Waals surface area contributed by atoms with E-state index < -0.39 is 0 Å². The highest BCUT2D eigenvalue weighted by molar-refractivity contribution is 5.79. The Morgan fingerprint density at radius 1 is 1.38 bits per heavy atom. The number of carbonyl (C=O) groups excluding carboxylic acids is 1. The fourth-order valence-corrected chi connectivity index (χ4v) is 2.34. The molecule has 0 aliphatic carbocycles. The lowest BCUT2D eigenvalue weighted by molar-refractivity contribution is -0.137. The van der Waals surface area contributed by atoms with Gasteiger partial charge in [0.15, 0.2) is 0 Å². The molecule has 0 radical (unpaired) electrons. The summed E-state index contributed by atoms with van der Waals surface area (Å²) in [4.78, 5) is 14.0. The van der Waals surface area contributed by atoms with Crippen LogP contribution in [0.2, 0.25) is 0 Å². The van der Waals surface area contributed by atoms with Crippen molar-refractivity contribution in [3.63, 3.8) is 0 Å². The van der Waals surface area contributed by atoms with Crippen molar-refractivity contribution in [1.29, 1.82) is 0 Å². The van der Waals surface area contributed by atoms with Crippen LogP contribution < -0.4 is 5.32 Å². The molecular formula is C10H18N2O. The molecule has 1 N–H and O–H groups in total. The van der Waals surface area contributed by atoms with Crippen LogP contribution in [-0.4, -0.2) is 36.5 Å². The molecule has 0 aromatic rings. The molecule has 2 heterocycles. The SMILES string of the molecule is CC1CNCC2CCCCN2C1=O. The number of hydrogen-bond acceptors (Lipinski definition) is 2. The molecule has 0 saturated carbocycles. The van der Waals surface area contributed by atoms with E-state index in [4.69, 9.17) is 0 Å². The number of piperidine rings is 1. The zero-order chi connectivity index (χ0) is 9.26. The van der Waals surface area contributed by atoms with Crippen LogP contribution in [0.3, 0.4) is 0 Å². The highest BCUT2D eigenvalue weighted by Crippen LogP contribution is 2.20. The van der Waals surface area contributed by atoms with Crippen LogP contribution in [0.15, 0.2) is 0 Å². The first kappa shape index (κ1) is 9.00. The van der Waals surface area contributed by atoms with Gasteiger partial charge in [-0.3, -0.25) is 4.79 Å². The topological polar surface area (TPSA) is 32.3 Å². The van der Waals surface area contributed by atoms with Crippen molar-refractivity contribution in [2.24, 2.45) is 5.92 Å². The Morgan fingerprint density at radius 3 is 3.08 bits per heavy atom. The summed E-state index contributed by atoms with van der Waals surface area (Å²) in [5, 5.41) is 3.36. The van der Waals surface area contributed by atoms with Crippen LogP contribution >= 0.6 is 0 Å². The average Bonchev–Trinajstić information content (AvgIpc) is 2.29. The van der Waals surface area contributed by atoms with E-state index in [1.165, 1.54) is 19.3 Å². The molecule has 0 aromatic carbocycles. The number of hydrogen-bond donors (Lipinski definition) is 1. The molecule has 2 aliphatic rings. The van der Waals surface area contributed by atoms with Gasteiger partial charge in [-0.15, -0.1) is 0 Å². The molecule has 3 nitrogen and oxygen atoms in total. The lowest BCUT2D eigenvalue weighted by Crippen LogP contribution is -2.46. The maximum absolute atomic E-state index is 11.9. The number of nitrogens with zero attached hydrogens (tertiary/aromatic N) is 1. The molecule has 2 aliphatic heterocycles. The van der Waals surface area contributed by atoms with Crippen molar-refractivity contribution in [2.75, 3.05) is 19.6 Å². The molecule has 0 bridgehead atoms. The van der Waals surface area contributed by atoms with Crippen molar-refractivity contribution in [1.82, 2.24) is 10.2 Å². The second-order valence-electron chi connectivity index (χ2n) is 4.24. The van der Waals surface area contributed by atoms with E-state index >= 15 is 0 Å². The van der Waals surface area contributed by atoms with Crippen LogP contribution in [0.25, 0.3) is 0 Å². The Hall–Kier alpha value is -0.570. The third kappa shape index (κ3) is 1.70. The van der Waals surface area contributed by atoms with Crippen molar-refractivity contribution in [3.8, 4) is 0 Å². The molecule has 2 unspecified atom stereocenters. The minimum atomic E-state index is 0.170. The maximum Gasteiger partial charge on any atom is 0.226 e. The molecule has 2 saturated heterocycles. The number of rotatable bonds is 0. The van der Waals surface area contributed by atoms with Crippen molar-refractivity contribution in [3.05, 3.63) is 0 Å². The van der Waals surface area contributed by atoms with E-state index in [0.717, 1.165) is 19.6 Å². The highest BCUT2D eigenvalue weighted by atomic mass is 16.2. The van der Waals surface area contributed by atoms with Gasteiger partial charge >= 0.3 is 0 Å². The van der Waals surface area contributed by atoms with Crippen LogP contribution in [0.1, 0.15) is 26.2 Å². The fraction of sp³-hybridized carbons (Fsp3) is 0.900. The summed E-state index contributed by atoms with van der Waals surface area (Å²) in [6, 6.07) is 0.478. The molecule has 2 atom stereocenters. The van der Waals surface area contributed by atoms with Gasteiger partial charge in [-0.2, -0.15) is 0 Å². The zero-order valence-corrected chi connectivity index (χ0v) is 8.25. The molecule has 1 amide bonds. The largest absolute Gasteiger partial charge is 0.338 e. The monoisotopic (exact) mass is 182 g/mol. The van der Waals surface area contributed by atoms with Crippen LogP contribution in [0.4, 0.5) is 0 Å².